The van der Waals surface area contributed by atoms with Crippen molar-refractivity contribution in [1.82, 2.24) is 9.62 Å². The molecule has 0 unspecified atom stereocenters. The van der Waals surface area contributed by atoms with Crippen LogP contribution in [0, 0.1) is 0 Å². The molecular formula is C15H26N2O3S. The minimum absolute atomic E-state index is 0.367. The fourth-order valence-corrected chi connectivity index (χ4v) is 3.74. The van der Waals surface area contributed by atoms with Crippen LogP contribution < -0.4 is 5.32 Å². The van der Waals surface area contributed by atoms with E-state index in [1.807, 2.05) is 19.1 Å². The number of nitrogens with one attached hydrogen (secondary N) is 1. The quantitative estimate of drug-likeness (QED) is 0.670. The Morgan fingerprint density at radius 1 is 1.24 bits per heavy atom. The Balaban J connectivity index is 3.00. The second kappa shape index (κ2) is 9.15. The molecule has 0 saturated carbocycles. The number of rotatable bonds is 10. The second-order valence-electron chi connectivity index (χ2n) is 4.77. The molecule has 1 rings (SSSR count). The lowest BCUT2D eigenvalue weighted by molar-refractivity contribution is 0.180. The minimum Gasteiger partial charge on any atom is -0.383 e. The van der Waals surface area contributed by atoms with E-state index < -0.39 is 10.0 Å². The van der Waals surface area contributed by atoms with Crippen LogP contribution in [0.25, 0.3) is 0 Å². The highest BCUT2D eigenvalue weighted by Gasteiger charge is 2.25. The summed E-state index contributed by atoms with van der Waals surface area (Å²) in [5.41, 5.74) is 0.807. The van der Waals surface area contributed by atoms with Gasteiger partial charge in [-0.25, -0.2) is 8.42 Å². The van der Waals surface area contributed by atoms with Gasteiger partial charge < -0.3 is 10.1 Å². The van der Waals surface area contributed by atoms with E-state index in [2.05, 4.69) is 12.2 Å². The average molecular weight is 314 g/mol. The van der Waals surface area contributed by atoms with Crippen LogP contribution in [-0.2, 0) is 21.3 Å². The maximum absolute atomic E-state index is 12.8. The molecule has 0 radical (unpaired) electrons. The highest BCUT2D eigenvalue weighted by atomic mass is 32.2. The first kappa shape index (κ1) is 18.1. The maximum Gasteiger partial charge on any atom is 0.243 e. The Morgan fingerprint density at radius 2 is 1.95 bits per heavy atom. The summed E-state index contributed by atoms with van der Waals surface area (Å²) < 4.78 is 32.0. The van der Waals surface area contributed by atoms with E-state index in [4.69, 9.17) is 4.74 Å². The standard InChI is InChI=1S/C15H26N2O3S/c1-4-10-16-13-14-8-6-7-9-15(14)21(18,19)17(5-2)11-12-20-3/h6-9,16H,4-5,10-13H2,1-3H3. The van der Waals surface area contributed by atoms with E-state index in [-0.39, 0.29) is 0 Å². The molecule has 5 nitrogen and oxygen atoms in total. The van der Waals surface area contributed by atoms with Crippen molar-refractivity contribution in [3.63, 3.8) is 0 Å². The lowest BCUT2D eigenvalue weighted by Crippen LogP contribution is -2.34. The van der Waals surface area contributed by atoms with Gasteiger partial charge in [0.1, 0.15) is 0 Å². The van der Waals surface area contributed by atoms with Gasteiger partial charge in [-0.05, 0) is 24.6 Å². The summed E-state index contributed by atoms with van der Waals surface area (Å²) in [5.74, 6) is 0. The maximum atomic E-state index is 12.8. The Bertz CT molecular complexity index is 517. The van der Waals surface area contributed by atoms with E-state index >= 15 is 0 Å². The molecule has 0 amide bonds. The van der Waals surface area contributed by atoms with Crippen LogP contribution in [-0.4, -0.2) is 46.1 Å². The molecule has 0 fully saturated rings. The number of benzene rings is 1. The predicted molar refractivity (Wildman–Crippen MR) is 84.7 cm³/mol. The van der Waals surface area contributed by atoms with Crippen LogP contribution in [0.15, 0.2) is 29.2 Å². The largest absolute Gasteiger partial charge is 0.383 e. The van der Waals surface area contributed by atoms with Crippen molar-refractivity contribution in [3.8, 4) is 0 Å². The first-order valence-electron chi connectivity index (χ1n) is 7.35. The van der Waals surface area contributed by atoms with Crippen molar-refractivity contribution < 1.29 is 13.2 Å². The average Bonchev–Trinajstić information content (AvgIpc) is 2.48. The van der Waals surface area contributed by atoms with Crippen LogP contribution >= 0.6 is 0 Å². The molecule has 1 aromatic rings. The summed E-state index contributed by atoms with van der Waals surface area (Å²) in [6.07, 6.45) is 1.02. The molecule has 0 aliphatic heterocycles. The van der Waals surface area contributed by atoms with E-state index in [1.165, 1.54) is 4.31 Å². The van der Waals surface area contributed by atoms with Crippen molar-refractivity contribution >= 4 is 10.0 Å². The molecule has 1 N–H and O–H groups in total. The van der Waals surface area contributed by atoms with Gasteiger partial charge in [-0.3, -0.25) is 0 Å². The molecule has 0 aliphatic rings. The monoisotopic (exact) mass is 314 g/mol. The number of sulfonamides is 1. The van der Waals surface area contributed by atoms with E-state index in [1.54, 1.807) is 19.2 Å². The molecule has 0 saturated heterocycles. The lowest BCUT2D eigenvalue weighted by atomic mass is 10.2. The van der Waals surface area contributed by atoms with Crippen molar-refractivity contribution in [2.75, 3.05) is 33.4 Å². The second-order valence-corrected chi connectivity index (χ2v) is 6.68. The molecule has 1 aromatic carbocycles. The topological polar surface area (TPSA) is 58.6 Å². The van der Waals surface area contributed by atoms with Crippen molar-refractivity contribution in [1.29, 1.82) is 0 Å². The first-order valence-corrected chi connectivity index (χ1v) is 8.79. The Hall–Kier alpha value is -0.950. The summed E-state index contributed by atoms with van der Waals surface area (Å²) in [6, 6.07) is 7.17. The molecular weight excluding hydrogens is 288 g/mol. The van der Waals surface area contributed by atoms with Crippen LogP contribution in [0.2, 0.25) is 0 Å². The number of methoxy groups -OCH3 is 1. The van der Waals surface area contributed by atoms with Crippen LogP contribution in [0.1, 0.15) is 25.8 Å². The van der Waals surface area contributed by atoms with Gasteiger partial charge in [0.25, 0.3) is 0 Å². The normalized spacial score (nSPS) is 12.0. The Kier molecular flexibility index (Phi) is 7.88. The zero-order chi connectivity index (χ0) is 15.7. The highest BCUT2D eigenvalue weighted by molar-refractivity contribution is 7.89. The summed E-state index contributed by atoms with van der Waals surface area (Å²) in [5, 5.41) is 3.26. The zero-order valence-corrected chi connectivity index (χ0v) is 13.9. The Morgan fingerprint density at radius 3 is 2.57 bits per heavy atom. The van der Waals surface area contributed by atoms with Crippen molar-refractivity contribution in [2.24, 2.45) is 0 Å². The van der Waals surface area contributed by atoms with Crippen LogP contribution in [0.5, 0.6) is 0 Å². The molecule has 0 bridgehead atoms. The molecule has 120 valence electrons. The number of likely N-dealkylation sites (N-methyl/N-ethyl adjacent to an activating group) is 1. The summed E-state index contributed by atoms with van der Waals surface area (Å²) >= 11 is 0. The highest BCUT2D eigenvalue weighted by Crippen LogP contribution is 2.20. The molecule has 0 aliphatic carbocycles. The summed E-state index contributed by atoms with van der Waals surface area (Å²) in [7, 11) is -1.91. The predicted octanol–water partition coefficient (Wildman–Crippen LogP) is 1.84. The van der Waals surface area contributed by atoms with Gasteiger partial charge in [-0.2, -0.15) is 4.31 Å². The lowest BCUT2D eigenvalue weighted by Gasteiger charge is -2.22. The molecule has 0 spiro atoms. The third-order valence-corrected chi connectivity index (χ3v) is 5.30. The minimum atomic E-state index is -3.48. The third-order valence-electron chi connectivity index (χ3n) is 3.23. The number of hydrogen-bond acceptors (Lipinski definition) is 4. The van der Waals surface area contributed by atoms with Crippen molar-refractivity contribution in [3.05, 3.63) is 29.8 Å². The van der Waals surface area contributed by atoms with Gasteiger partial charge in [0.05, 0.1) is 11.5 Å². The van der Waals surface area contributed by atoms with Crippen LogP contribution in [0.4, 0.5) is 0 Å². The van der Waals surface area contributed by atoms with Gasteiger partial charge in [0.2, 0.25) is 10.0 Å². The number of nitrogens with zero attached hydrogens (tertiary/aromatic N) is 1. The fraction of sp³-hybridized carbons (Fsp3) is 0.600. The smallest absolute Gasteiger partial charge is 0.243 e. The molecule has 0 aromatic heterocycles. The van der Waals surface area contributed by atoms with E-state index in [9.17, 15) is 8.42 Å². The van der Waals surface area contributed by atoms with Crippen LogP contribution in [0.3, 0.4) is 0 Å². The molecule has 0 atom stereocenters. The van der Waals surface area contributed by atoms with Gasteiger partial charge in [0, 0.05) is 26.7 Å². The first-order chi connectivity index (χ1) is 10.1. The van der Waals surface area contributed by atoms with E-state index in [0.29, 0.717) is 31.1 Å². The number of ether oxygens (including phenoxy) is 1. The number of hydrogen-bond donors (Lipinski definition) is 1. The van der Waals surface area contributed by atoms with Crippen molar-refractivity contribution in [2.45, 2.75) is 31.7 Å². The fourth-order valence-electron chi connectivity index (χ4n) is 2.08. The van der Waals surface area contributed by atoms with E-state index in [0.717, 1.165) is 18.5 Å². The summed E-state index contributed by atoms with van der Waals surface area (Å²) in [4.78, 5) is 0.381. The van der Waals surface area contributed by atoms with Gasteiger partial charge in [0.15, 0.2) is 0 Å². The SMILES string of the molecule is CCCNCc1ccccc1S(=O)(=O)N(CC)CCOC. The molecule has 0 heterocycles. The van der Waals surface area contributed by atoms with Gasteiger partial charge >= 0.3 is 0 Å². The summed E-state index contributed by atoms with van der Waals surface area (Å²) in [6.45, 7) is 6.54. The third kappa shape index (κ3) is 5.07. The zero-order valence-electron chi connectivity index (χ0n) is 13.1. The molecule has 21 heavy (non-hydrogen) atoms. The van der Waals surface area contributed by atoms with Gasteiger partial charge in [-0.1, -0.05) is 32.0 Å². The molecule has 6 heteroatoms. The Labute approximate surface area is 128 Å². The van der Waals surface area contributed by atoms with Gasteiger partial charge in [-0.15, -0.1) is 0 Å².